The molecule has 0 unspecified atom stereocenters. The molecule has 0 saturated carbocycles. The number of benzene rings is 4. The summed E-state index contributed by atoms with van der Waals surface area (Å²) in [4.78, 5) is 73.2. The van der Waals surface area contributed by atoms with Crippen molar-refractivity contribution in [2.75, 3.05) is 19.0 Å². The van der Waals surface area contributed by atoms with E-state index in [1.807, 2.05) is 104 Å². The van der Waals surface area contributed by atoms with Gasteiger partial charge in [0.25, 0.3) is 0 Å². The fraction of sp³-hybridized carbons (Fsp3) is 0.0702. The van der Waals surface area contributed by atoms with Crippen molar-refractivity contribution in [1.82, 2.24) is 89.7 Å². The first kappa shape index (κ1) is 73.8. The Bertz CT molecular complexity index is 4290. The molecule has 0 fully saturated rings. The van der Waals surface area contributed by atoms with Crippen molar-refractivity contribution >= 4 is 49.8 Å². The number of fused-ring (bicyclic) bond motifs is 4. The maximum atomic E-state index is 13.5. The molecule has 4 aromatic carbocycles. The van der Waals surface area contributed by atoms with E-state index in [1.165, 1.54) is 49.3 Å². The van der Waals surface area contributed by atoms with E-state index < -0.39 is 63.9 Å². The summed E-state index contributed by atoms with van der Waals surface area (Å²) in [6.45, 7) is 0. The zero-order valence-corrected chi connectivity index (χ0v) is 56.9. The summed E-state index contributed by atoms with van der Waals surface area (Å²) in [5.74, 6) is -4.88. The summed E-state index contributed by atoms with van der Waals surface area (Å²) in [6.07, 6.45) is 0.206. The van der Waals surface area contributed by atoms with Crippen molar-refractivity contribution in [3.8, 4) is 57.9 Å². The van der Waals surface area contributed by atoms with Crippen LogP contribution in [-0.2, 0) is 118 Å². The first-order chi connectivity index (χ1) is 41.4. The quantitative estimate of drug-likeness (QED) is 0.0853. The SMILES string of the molecule is CN(C)c1ccnc(-c2nc3ccccc3[n-]2)c1.FC(F)(F)c1nc(-c2ccccn2)[n-]c1C(F)(F)F.Fc1c(F)c(F)c2[n-]c(-c3ccccn3)nc2c1F.[Pt].[Pt].[Pt].[Pt].[Pt].c1ccc2[n-]c(-c3ncncn3)nc2c1.c1cnc(-c2nc3ccccc3[n-]2)nc1. The van der Waals surface area contributed by atoms with E-state index in [0.29, 0.717) is 29.1 Å². The monoisotopic (exact) mass is 2150 g/mol. The molecule has 10 aromatic heterocycles. The van der Waals surface area contributed by atoms with Crippen molar-refractivity contribution in [3.63, 3.8) is 0 Å². The Morgan fingerprint density at radius 3 is 1.26 bits per heavy atom. The molecule has 0 atom stereocenters. The van der Waals surface area contributed by atoms with Gasteiger partial charge in [0.1, 0.15) is 12.7 Å². The summed E-state index contributed by atoms with van der Waals surface area (Å²) >= 11 is 0. The van der Waals surface area contributed by atoms with Crippen molar-refractivity contribution in [2.45, 2.75) is 12.4 Å². The van der Waals surface area contributed by atoms with Crippen molar-refractivity contribution in [3.05, 3.63) is 206 Å². The van der Waals surface area contributed by atoms with Crippen LogP contribution >= 0.6 is 0 Å². The van der Waals surface area contributed by atoms with Gasteiger partial charge in [-0.2, -0.15) is 26.3 Å². The van der Waals surface area contributed by atoms with Gasteiger partial charge < -0.3 is 54.7 Å². The first-order valence-corrected chi connectivity index (χ1v) is 24.8. The number of anilines is 1. The number of para-hydroxylation sites is 6. The molecule has 14 rings (SSSR count). The molecule has 14 aromatic rings. The maximum Gasteiger partial charge on any atom is 0.412 e. The van der Waals surface area contributed by atoms with E-state index in [1.54, 1.807) is 36.8 Å². The molecule has 0 aliphatic rings. The molecule has 0 spiro atoms. The third-order valence-corrected chi connectivity index (χ3v) is 11.6. The van der Waals surface area contributed by atoms with Gasteiger partial charge in [0, 0.05) is 179 Å². The van der Waals surface area contributed by atoms with Crippen LogP contribution in [-0.4, -0.2) is 78.9 Å². The molecule has 0 saturated heterocycles. The van der Waals surface area contributed by atoms with Gasteiger partial charge in [0.2, 0.25) is 0 Å². The molecule has 91 heavy (non-hydrogen) atoms. The average molecular weight is 2150 g/mol. The van der Waals surface area contributed by atoms with Gasteiger partial charge in [0.05, 0.1) is 17.1 Å². The maximum absolute atomic E-state index is 13.5. The molecule has 0 radical (unpaired) electrons. The minimum absolute atomic E-state index is 0. The van der Waals surface area contributed by atoms with E-state index >= 15 is 0 Å². The summed E-state index contributed by atoms with van der Waals surface area (Å²) < 4.78 is 128. The summed E-state index contributed by atoms with van der Waals surface area (Å²) in [7, 11) is 4.00. The normalized spacial score (nSPS) is 10.6. The smallest absolute Gasteiger partial charge is 0.412 e. The Balaban J connectivity index is 0.000000204. The second kappa shape index (κ2) is 32.9. The van der Waals surface area contributed by atoms with Crippen LogP contribution in [0.25, 0.3) is 102 Å². The van der Waals surface area contributed by atoms with Gasteiger partial charge >= 0.3 is 12.4 Å². The number of aromatic nitrogens is 18. The van der Waals surface area contributed by atoms with Crippen LogP contribution < -0.4 is 29.8 Å². The Morgan fingerprint density at radius 1 is 0.374 bits per heavy atom. The van der Waals surface area contributed by atoms with Crippen molar-refractivity contribution in [1.29, 1.82) is 0 Å². The van der Waals surface area contributed by atoms with Crippen LogP contribution in [0.5, 0.6) is 0 Å². The predicted molar refractivity (Wildman–Crippen MR) is 292 cm³/mol. The second-order valence-electron chi connectivity index (χ2n) is 17.6. The summed E-state index contributed by atoms with van der Waals surface area (Å²) in [5.41, 5.74) is 1.83. The van der Waals surface area contributed by atoms with Crippen LogP contribution in [0.4, 0.5) is 49.6 Å². The molecule has 0 amide bonds. The van der Waals surface area contributed by atoms with Crippen LogP contribution in [0.2, 0.25) is 0 Å². The number of hydrogen-bond acceptors (Lipinski definition) is 14. The molecule has 0 aliphatic carbocycles. The first-order valence-electron chi connectivity index (χ1n) is 24.8. The Morgan fingerprint density at radius 2 is 0.802 bits per heavy atom. The zero-order chi connectivity index (χ0) is 60.5. The summed E-state index contributed by atoms with van der Waals surface area (Å²) in [6, 6.07) is 37.8. The van der Waals surface area contributed by atoms with Gasteiger partial charge in [-0.3, -0.25) is 15.0 Å². The Labute approximate surface area is 578 Å². The molecule has 0 N–H and O–H groups in total. The van der Waals surface area contributed by atoms with Gasteiger partial charge in [-0.15, -0.1) is 0 Å². The number of imidazole rings is 5. The number of alkyl halides is 6. The fourth-order valence-electron chi connectivity index (χ4n) is 7.63. The van der Waals surface area contributed by atoms with E-state index in [9.17, 15) is 43.9 Å². The van der Waals surface area contributed by atoms with E-state index in [2.05, 4.69) is 89.7 Å². The number of halogens is 10. The van der Waals surface area contributed by atoms with Crippen LogP contribution in [0.1, 0.15) is 11.4 Å². The zero-order valence-electron chi connectivity index (χ0n) is 45.5. The molecule has 0 bridgehead atoms. The molecular formula is C57H34F10N19Pt5-5. The fourth-order valence-corrected chi connectivity index (χ4v) is 7.63. The average Bonchev–Trinajstić information content (AvgIpc) is 1.78. The van der Waals surface area contributed by atoms with Crippen molar-refractivity contribution in [2.24, 2.45) is 0 Å². The third kappa shape index (κ3) is 18.0. The Hall–Kier alpha value is -7.95. The van der Waals surface area contributed by atoms with Gasteiger partial charge in [-0.1, -0.05) is 84.9 Å². The molecule has 0 aliphatic heterocycles. The predicted octanol–water partition coefficient (Wildman–Crippen LogP) is 10.9. The van der Waals surface area contributed by atoms with Crippen molar-refractivity contribution < 1.29 is 149 Å². The van der Waals surface area contributed by atoms with Crippen LogP contribution in [0, 0.1) is 23.3 Å². The van der Waals surface area contributed by atoms with Crippen LogP contribution in [0.3, 0.4) is 0 Å². The molecular weight excluding hydrogens is 2120 g/mol. The number of pyridine rings is 3. The van der Waals surface area contributed by atoms with E-state index in [0.717, 1.165) is 44.5 Å². The molecule has 34 heteroatoms. The number of nitrogens with zero attached hydrogens (tertiary/aromatic N) is 19. The minimum atomic E-state index is -5.23. The molecule has 482 valence electrons. The molecule has 19 nitrogen and oxygen atoms in total. The topological polar surface area (TPSA) is 241 Å². The van der Waals surface area contributed by atoms with Gasteiger partial charge in [0.15, 0.2) is 34.9 Å². The second-order valence-corrected chi connectivity index (χ2v) is 17.6. The minimum Gasteiger partial charge on any atom is -0.434 e. The van der Waals surface area contributed by atoms with Crippen LogP contribution in [0.15, 0.2) is 171 Å². The number of hydrogen-bond donors (Lipinski definition) is 0. The van der Waals surface area contributed by atoms with Gasteiger partial charge in [-0.05, 0) is 105 Å². The largest absolute Gasteiger partial charge is 0.434 e. The van der Waals surface area contributed by atoms with E-state index in [-0.39, 0.29) is 123 Å². The van der Waals surface area contributed by atoms with Gasteiger partial charge in [-0.25, -0.2) is 42.5 Å². The van der Waals surface area contributed by atoms with E-state index in [4.69, 9.17) is 0 Å². The number of rotatable bonds is 6. The molecule has 10 heterocycles. The Kier molecular flexibility index (Phi) is 26.7. The third-order valence-electron chi connectivity index (χ3n) is 11.6. The summed E-state index contributed by atoms with van der Waals surface area (Å²) in [5, 5.41) is 0. The standard InChI is InChI=1S/C14H13N4.C12H4F4N3.C11H7N4.C10H4F6N3.C10H6N5.5Pt/c1-18(2)10-7-8-15-13(9-10)14-16-11-5-3-4-6-12(11)17-14;13-6-7(14)9(16)11-10(8(6)15)18-12(19-11)5-3-1-2-4-17-5;1-2-5-9-8(4-1)14-11(15-9)10-12-6-3-7-13-10;11-9(12,13)6-7(10(14,15)16)19-8(18-6)5-3-1-2-4-17-5;1-2-4-8-7(3-1)14-10(15-8)9-12-5-11-6-13-9;;;;;/h3-9H,1-2H3;1-4H;1-7H;1-4H;1-6H;;;;;/q5*-1;;;;;.